The molecule has 2 rings (SSSR count). The van der Waals surface area contributed by atoms with Gasteiger partial charge in [-0.05, 0) is 46.6 Å². The Morgan fingerprint density at radius 1 is 1.18 bits per heavy atom. The average Bonchev–Trinajstić information content (AvgIpc) is 2.91. The second kappa shape index (κ2) is 7.22. The molecule has 0 aliphatic carbocycles. The molecule has 118 valence electrons. The van der Waals surface area contributed by atoms with Crippen LogP contribution >= 0.6 is 15.9 Å². The number of urea groups is 1. The zero-order valence-electron chi connectivity index (χ0n) is 12.5. The van der Waals surface area contributed by atoms with Crippen molar-refractivity contribution in [3.05, 3.63) is 40.6 Å². The second-order valence-electron chi connectivity index (χ2n) is 4.54. The maximum Gasteiger partial charge on any atom is 0.322 e. The van der Waals surface area contributed by atoms with Gasteiger partial charge in [-0.3, -0.25) is 5.32 Å². The van der Waals surface area contributed by atoms with Gasteiger partial charge in [0.25, 0.3) is 0 Å². The SMILES string of the molecule is COc1ccc(C(C)NC(=O)Nc2ccc(Br)o2)cc1OC. The van der Waals surface area contributed by atoms with Crippen LogP contribution in [-0.4, -0.2) is 20.3 Å². The van der Waals surface area contributed by atoms with Crippen LogP contribution in [-0.2, 0) is 0 Å². The fraction of sp³-hybridized carbons (Fsp3) is 0.267. The Morgan fingerprint density at radius 3 is 2.50 bits per heavy atom. The van der Waals surface area contributed by atoms with Gasteiger partial charge in [0.1, 0.15) is 0 Å². The number of carbonyl (C=O) groups excluding carboxylic acids is 1. The number of anilines is 1. The molecule has 0 bridgehead atoms. The van der Waals surface area contributed by atoms with E-state index in [-0.39, 0.29) is 12.1 Å². The minimum absolute atomic E-state index is 0.210. The van der Waals surface area contributed by atoms with Gasteiger partial charge in [-0.25, -0.2) is 4.79 Å². The number of benzene rings is 1. The van der Waals surface area contributed by atoms with E-state index in [1.807, 2.05) is 19.1 Å². The van der Waals surface area contributed by atoms with Crippen LogP contribution in [0.5, 0.6) is 11.5 Å². The first-order valence-electron chi connectivity index (χ1n) is 6.58. The maximum absolute atomic E-state index is 11.9. The molecule has 2 N–H and O–H groups in total. The first-order chi connectivity index (χ1) is 10.5. The van der Waals surface area contributed by atoms with Gasteiger partial charge in [0.2, 0.25) is 5.88 Å². The van der Waals surface area contributed by atoms with E-state index >= 15 is 0 Å². The van der Waals surface area contributed by atoms with Crippen LogP contribution in [0.2, 0.25) is 0 Å². The van der Waals surface area contributed by atoms with Crippen molar-refractivity contribution in [2.75, 3.05) is 19.5 Å². The highest BCUT2D eigenvalue weighted by Crippen LogP contribution is 2.29. The van der Waals surface area contributed by atoms with Crippen molar-refractivity contribution in [1.29, 1.82) is 0 Å². The Kier molecular flexibility index (Phi) is 5.32. The molecule has 1 aromatic heterocycles. The molecule has 0 aliphatic rings. The monoisotopic (exact) mass is 368 g/mol. The van der Waals surface area contributed by atoms with E-state index in [0.717, 1.165) is 5.56 Å². The largest absolute Gasteiger partial charge is 0.493 e. The normalized spacial score (nSPS) is 11.6. The van der Waals surface area contributed by atoms with E-state index in [1.165, 1.54) is 0 Å². The minimum Gasteiger partial charge on any atom is -0.493 e. The van der Waals surface area contributed by atoms with Gasteiger partial charge in [-0.1, -0.05) is 6.07 Å². The predicted molar refractivity (Wildman–Crippen MR) is 86.5 cm³/mol. The summed E-state index contributed by atoms with van der Waals surface area (Å²) >= 11 is 3.17. The fourth-order valence-electron chi connectivity index (χ4n) is 1.93. The van der Waals surface area contributed by atoms with E-state index in [1.54, 1.807) is 32.4 Å². The average molecular weight is 369 g/mol. The number of rotatable bonds is 5. The Hall–Kier alpha value is -2.15. The van der Waals surface area contributed by atoms with Crippen LogP contribution in [0.4, 0.5) is 10.7 Å². The van der Waals surface area contributed by atoms with Crippen LogP contribution in [0, 0.1) is 0 Å². The molecule has 6 nitrogen and oxygen atoms in total. The van der Waals surface area contributed by atoms with Gasteiger partial charge >= 0.3 is 6.03 Å². The van der Waals surface area contributed by atoms with Crippen molar-refractivity contribution < 1.29 is 18.7 Å². The zero-order valence-corrected chi connectivity index (χ0v) is 14.1. The fourth-order valence-corrected chi connectivity index (χ4v) is 2.24. The molecule has 0 fully saturated rings. The highest BCUT2D eigenvalue weighted by Gasteiger charge is 2.13. The molecule has 22 heavy (non-hydrogen) atoms. The molecule has 7 heteroatoms. The molecule has 0 saturated carbocycles. The molecule has 1 unspecified atom stereocenters. The highest BCUT2D eigenvalue weighted by molar-refractivity contribution is 9.10. The summed E-state index contributed by atoms with van der Waals surface area (Å²) in [5, 5.41) is 5.43. The molecule has 0 aliphatic heterocycles. The van der Waals surface area contributed by atoms with Crippen molar-refractivity contribution in [3.8, 4) is 11.5 Å². The van der Waals surface area contributed by atoms with Crippen molar-refractivity contribution in [2.45, 2.75) is 13.0 Å². The summed E-state index contributed by atoms with van der Waals surface area (Å²) in [5.41, 5.74) is 0.897. The number of halogens is 1. The predicted octanol–water partition coefficient (Wildman–Crippen LogP) is 3.94. The number of ether oxygens (including phenoxy) is 2. The number of furan rings is 1. The standard InChI is InChI=1S/C15H17BrN2O4/c1-9(10-4-5-11(20-2)12(8-10)21-3)17-15(19)18-14-7-6-13(16)22-14/h4-9H,1-3H3,(H2,17,18,19). The Bertz CT molecular complexity index is 657. The number of hydrogen-bond acceptors (Lipinski definition) is 4. The molecular weight excluding hydrogens is 352 g/mol. The van der Waals surface area contributed by atoms with Crippen LogP contribution in [0.25, 0.3) is 0 Å². The Labute approximate surface area is 136 Å². The molecule has 1 atom stereocenters. The molecule has 2 aromatic rings. The lowest BCUT2D eigenvalue weighted by Crippen LogP contribution is -2.31. The van der Waals surface area contributed by atoms with Gasteiger partial charge in [0.15, 0.2) is 16.2 Å². The van der Waals surface area contributed by atoms with Crippen LogP contribution < -0.4 is 20.1 Å². The smallest absolute Gasteiger partial charge is 0.322 e. The minimum atomic E-state index is -0.357. The first kappa shape index (κ1) is 16.2. The number of amides is 2. The molecular formula is C15H17BrN2O4. The third kappa shape index (κ3) is 3.94. The number of hydrogen-bond donors (Lipinski definition) is 2. The number of methoxy groups -OCH3 is 2. The van der Waals surface area contributed by atoms with E-state index in [9.17, 15) is 4.79 Å². The van der Waals surface area contributed by atoms with E-state index in [0.29, 0.717) is 22.1 Å². The van der Waals surface area contributed by atoms with E-state index < -0.39 is 0 Å². The number of nitrogens with one attached hydrogen (secondary N) is 2. The van der Waals surface area contributed by atoms with Crippen molar-refractivity contribution >= 4 is 27.8 Å². The van der Waals surface area contributed by atoms with Crippen molar-refractivity contribution in [1.82, 2.24) is 5.32 Å². The summed E-state index contributed by atoms with van der Waals surface area (Å²) in [7, 11) is 3.15. The molecule has 0 saturated heterocycles. The summed E-state index contributed by atoms with van der Waals surface area (Å²) in [6, 6.07) is 8.29. The van der Waals surface area contributed by atoms with E-state index in [2.05, 4.69) is 26.6 Å². The topological polar surface area (TPSA) is 72.7 Å². The van der Waals surface area contributed by atoms with Crippen molar-refractivity contribution in [2.24, 2.45) is 0 Å². The summed E-state index contributed by atoms with van der Waals surface area (Å²) in [6.45, 7) is 1.87. The third-order valence-corrected chi connectivity index (χ3v) is 3.49. The lowest BCUT2D eigenvalue weighted by Gasteiger charge is -2.16. The lowest BCUT2D eigenvalue weighted by molar-refractivity contribution is 0.248. The van der Waals surface area contributed by atoms with Crippen molar-refractivity contribution in [3.63, 3.8) is 0 Å². The third-order valence-electron chi connectivity index (χ3n) is 3.07. The first-order valence-corrected chi connectivity index (χ1v) is 7.37. The zero-order chi connectivity index (χ0) is 16.1. The van der Waals surface area contributed by atoms with Gasteiger partial charge in [0, 0.05) is 6.07 Å². The molecule has 2 amide bonds. The Balaban J connectivity index is 2.02. The van der Waals surface area contributed by atoms with Gasteiger partial charge in [-0.2, -0.15) is 0 Å². The highest BCUT2D eigenvalue weighted by atomic mass is 79.9. The summed E-state index contributed by atoms with van der Waals surface area (Å²) in [4.78, 5) is 11.9. The number of carbonyl (C=O) groups is 1. The van der Waals surface area contributed by atoms with Crippen LogP contribution in [0.1, 0.15) is 18.5 Å². The van der Waals surface area contributed by atoms with Crippen LogP contribution in [0.3, 0.4) is 0 Å². The van der Waals surface area contributed by atoms with Gasteiger partial charge < -0.3 is 19.2 Å². The van der Waals surface area contributed by atoms with Gasteiger partial charge in [-0.15, -0.1) is 0 Å². The quantitative estimate of drug-likeness (QED) is 0.837. The van der Waals surface area contributed by atoms with E-state index in [4.69, 9.17) is 13.9 Å². The molecule has 1 heterocycles. The summed E-state index contributed by atoms with van der Waals surface area (Å²) < 4.78 is 16.2. The van der Waals surface area contributed by atoms with Gasteiger partial charge in [0.05, 0.1) is 20.3 Å². The molecule has 0 radical (unpaired) electrons. The lowest BCUT2D eigenvalue weighted by atomic mass is 10.1. The summed E-state index contributed by atoms with van der Waals surface area (Å²) in [6.07, 6.45) is 0. The Morgan fingerprint density at radius 2 is 1.91 bits per heavy atom. The molecule has 0 spiro atoms. The maximum atomic E-state index is 11.9. The summed E-state index contributed by atoms with van der Waals surface area (Å²) in [5.74, 6) is 1.62. The second-order valence-corrected chi connectivity index (χ2v) is 5.32. The molecule has 1 aromatic carbocycles. The van der Waals surface area contributed by atoms with Crippen LogP contribution in [0.15, 0.2) is 39.4 Å².